The second-order valence-electron chi connectivity index (χ2n) is 4.43. The van der Waals surface area contributed by atoms with Crippen molar-refractivity contribution in [3.8, 4) is 0 Å². The molecule has 7 heteroatoms. The van der Waals surface area contributed by atoms with E-state index in [1.165, 1.54) is 23.7 Å². The Bertz CT molecular complexity index is 608. The van der Waals surface area contributed by atoms with E-state index in [0.717, 1.165) is 5.56 Å². The van der Waals surface area contributed by atoms with Gasteiger partial charge in [0, 0.05) is 12.5 Å². The van der Waals surface area contributed by atoms with Crippen LogP contribution in [0.2, 0.25) is 0 Å². The maximum Gasteiger partial charge on any atom is 0.308 e. The number of carbonyl (C=O) groups excluding carboxylic acids is 1. The van der Waals surface area contributed by atoms with Crippen molar-refractivity contribution in [3.63, 3.8) is 0 Å². The van der Waals surface area contributed by atoms with Gasteiger partial charge in [0.1, 0.15) is 11.9 Å². The number of aromatic nitrogens is 2. The number of halogens is 1. The number of aliphatic hydroxyl groups is 1. The molecule has 0 spiro atoms. The molecule has 2 rings (SSSR count). The fourth-order valence-corrected chi connectivity index (χ4v) is 1.83. The zero-order valence-corrected chi connectivity index (χ0v) is 11.1. The lowest BCUT2D eigenvalue weighted by molar-refractivity contribution is -0.763. The van der Waals surface area contributed by atoms with Gasteiger partial charge in [-0.1, -0.05) is 0 Å². The standard InChI is InChI=1S/C13H14FN3O3/c1-8(18)12-13(15-9(2)19)20-16-17(12)7-10-3-5-11(14)6-4-10/h3-6,8,18H,7H2,1-2H3/p+1. The van der Waals surface area contributed by atoms with Gasteiger partial charge in [-0.25, -0.2) is 4.39 Å². The van der Waals surface area contributed by atoms with E-state index in [2.05, 4.69) is 10.6 Å². The zero-order chi connectivity index (χ0) is 14.7. The van der Waals surface area contributed by atoms with Crippen LogP contribution in [0.5, 0.6) is 0 Å². The van der Waals surface area contributed by atoms with Gasteiger partial charge in [-0.2, -0.15) is 0 Å². The topological polar surface area (TPSA) is 79.2 Å². The molecule has 0 bridgehead atoms. The summed E-state index contributed by atoms with van der Waals surface area (Å²) in [5.41, 5.74) is 1.14. The molecule has 2 N–H and O–H groups in total. The maximum atomic E-state index is 12.9. The van der Waals surface area contributed by atoms with Crippen molar-refractivity contribution in [1.29, 1.82) is 0 Å². The first kappa shape index (κ1) is 14.1. The van der Waals surface area contributed by atoms with Crippen molar-refractivity contribution >= 4 is 11.8 Å². The maximum absolute atomic E-state index is 12.9. The zero-order valence-electron chi connectivity index (χ0n) is 11.1. The van der Waals surface area contributed by atoms with Crippen molar-refractivity contribution in [2.24, 2.45) is 0 Å². The summed E-state index contributed by atoms with van der Waals surface area (Å²) in [4.78, 5) is 11.1. The number of carbonyl (C=O) groups is 1. The highest BCUT2D eigenvalue weighted by Crippen LogP contribution is 2.18. The molecule has 0 saturated heterocycles. The van der Waals surface area contributed by atoms with E-state index >= 15 is 0 Å². The fraction of sp³-hybridized carbons (Fsp3) is 0.308. The molecule has 106 valence electrons. The van der Waals surface area contributed by atoms with Gasteiger partial charge in [0.05, 0.1) is 0 Å². The number of hydrogen-bond donors (Lipinski definition) is 2. The monoisotopic (exact) mass is 280 g/mol. The Labute approximate surface area is 114 Å². The van der Waals surface area contributed by atoms with Crippen molar-refractivity contribution in [2.45, 2.75) is 26.5 Å². The number of nitrogens with zero attached hydrogens (tertiary/aromatic N) is 2. The Morgan fingerprint density at radius 3 is 2.70 bits per heavy atom. The molecule has 0 aliphatic carbocycles. The number of amides is 1. The molecule has 0 aliphatic rings. The van der Waals surface area contributed by atoms with E-state index < -0.39 is 6.10 Å². The molecule has 0 radical (unpaired) electrons. The quantitative estimate of drug-likeness (QED) is 0.824. The largest absolute Gasteiger partial charge is 0.382 e. The van der Waals surface area contributed by atoms with E-state index in [1.807, 2.05) is 0 Å². The second-order valence-corrected chi connectivity index (χ2v) is 4.43. The lowest BCUT2D eigenvalue weighted by atomic mass is 10.2. The van der Waals surface area contributed by atoms with Crippen LogP contribution in [0.15, 0.2) is 28.8 Å². The Kier molecular flexibility index (Phi) is 4.09. The first-order chi connectivity index (χ1) is 9.47. The predicted octanol–water partition coefficient (Wildman–Crippen LogP) is 1.16. The Balaban J connectivity index is 2.29. The lowest BCUT2D eigenvalue weighted by Crippen LogP contribution is -2.41. The summed E-state index contributed by atoms with van der Waals surface area (Å²) in [6.45, 7) is 3.17. The summed E-state index contributed by atoms with van der Waals surface area (Å²) in [6, 6.07) is 5.90. The summed E-state index contributed by atoms with van der Waals surface area (Å²) < 4.78 is 19.3. The molecular formula is C13H15FN3O3+. The average Bonchev–Trinajstić information content (AvgIpc) is 2.74. The lowest BCUT2D eigenvalue weighted by Gasteiger charge is -2.00. The molecular weight excluding hydrogens is 265 g/mol. The number of aliphatic hydroxyl groups excluding tert-OH is 1. The van der Waals surface area contributed by atoms with Crippen LogP contribution in [0, 0.1) is 5.82 Å². The molecule has 1 atom stereocenters. The van der Waals surface area contributed by atoms with Crippen LogP contribution in [0.3, 0.4) is 0 Å². The fourth-order valence-electron chi connectivity index (χ4n) is 1.83. The van der Waals surface area contributed by atoms with Crippen LogP contribution in [0.1, 0.15) is 31.2 Å². The van der Waals surface area contributed by atoms with E-state index in [-0.39, 0.29) is 17.6 Å². The molecule has 6 nitrogen and oxygen atoms in total. The molecule has 1 heterocycles. The third kappa shape index (κ3) is 3.18. The SMILES string of the molecule is CC(=O)Nc1on[n+](Cc2ccc(F)cc2)c1C(C)O. The molecule has 0 saturated carbocycles. The molecule has 1 aromatic heterocycles. The van der Waals surface area contributed by atoms with Crippen molar-refractivity contribution < 1.29 is 23.5 Å². The van der Waals surface area contributed by atoms with Crippen molar-refractivity contribution in [2.75, 3.05) is 5.32 Å². The third-order valence-corrected chi connectivity index (χ3v) is 2.67. The van der Waals surface area contributed by atoms with Crippen LogP contribution >= 0.6 is 0 Å². The van der Waals surface area contributed by atoms with Crippen LogP contribution in [0.4, 0.5) is 10.3 Å². The molecule has 1 unspecified atom stereocenters. The summed E-state index contributed by atoms with van der Waals surface area (Å²) >= 11 is 0. The van der Waals surface area contributed by atoms with Crippen LogP contribution in [-0.2, 0) is 11.3 Å². The van der Waals surface area contributed by atoms with Crippen LogP contribution in [0.25, 0.3) is 0 Å². The smallest absolute Gasteiger partial charge is 0.308 e. The number of hydrogen-bond acceptors (Lipinski definition) is 4. The first-order valence-corrected chi connectivity index (χ1v) is 6.07. The number of rotatable bonds is 4. The van der Waals surface area contributed by atoms with Gasteiger partial charge in [-0.05, 0) is 35.9 Å². The normalized spacial score (nSPS) is 12.2. The van der Waals surface area contributed by atoms with Gasteiger partial charge in [0.25, 0.3) is 0 Å². The van der Waals surface area contributed by atoms with Crippen molar-refractivity contribution in [1.82, 2.24) is 5.27 Å². The Morgan fingerprint density at radius 2 is 2.15 bits per heavy atom. The first-order valence-electron chi connectivity index (χ1n) is 6.07. The van der Waals surface area contributed by atoms with Gasteiger partial charge in [-0.3, -0.25) is 14.6 Å². The highest BCUT2D eigenvalue weighted by Gasteiger charge is 2.29. The Morgan fingerprint density at radius 1 is 1.50 bits per heavy atom. The molecule has 1 aromatic carbocycles. The van der Waals surface area contributed by atoms with Gasteiger partial charge >= 0.3 is 11.6 Å². The highest BCUT2D eigenvalue weighted by atomic mass is 19.1. The predicted molar refractivity (Wildman–Crippen MR) is 67.1 cm³/mol. The summed E-state index contributed by atoms with van der Waals surface area (Å²) in [5, 5.41) is 16.0. The third-order valence-electron chi connectivity index (χ3n) is 2.67. The minimum Gasteiger partial charge on any atom is -0.382 e. The van der Waals surface area contributed by atoms with Gasteiger partial charge in [-0.15, -0.1) is 0 Å². The molecule has 0 fully saturated rings. The summed E-state index contributed by atoms with van der Waals surface area (Å²) in [7, 11) is 0. The number of anilines is 1. The highest BCUT2D eigenvalue weighted by molar-refractivity contribution is 5.87. The summed E-state index contributed by atoms with van der Waals surface area (Å²) in [6.07, 6.45) is -0.872. The molecule has 20 heavy (non-hydrogen) atoms. The minimum atomic E-state index is -0.872. The van der Waals surface area contributed by atoms with Crippen molar-refractivity contribution in [3.05, 3.63) is 41.3 Å². The van der Waals surface area contributed by atoms with E-state index in [1.54, 1.807) is 19.1 Å². The molecule has 0 aliphatic heterocycles. The van der Waals surface area contributed by atoms with Gasteiger partial charge < -0.3 is 5.11 Å². The number of benzene rings is 1. The van der Waals surface area contributed by atoms with E-state index in [9.17, 15) is 14.3 Å². The van der Waals surface area contributed by atoms with E-state index in [4.69, 9.17) is 4.52 Å². The minimum absolute atomic E-state index is 0.106. The molecule has 1 amide bonds. The van der Waals surface area contributed by atoms with Gasteiger partial charge in [0.2, 0.25) is 17.7 Å². The van der Waals surface area contributed by atoms with E-state index in [0.29, 0.717) is 12.2 Å². The molecule has 2 aromatic rings. The number of nitrogens with one attached hydrogen (secondary N) is 1. The van der Waals surface area contributed by atoms with Crippen LogP contribution in [-0.4, -0.2) is 16.3 Å². The Hall–Kier alpha value is -2.28. The second kappa shape index (κ2) is 5.79. The van der Waals surface area contributed by atoms with Crippen LogP contribution < -0.4 is 10.00 Å². The average molecular weight is 280 g/mol. The van der Waals surface area contributed by atoms with Gasteiger partial charge in [0.15, 0.2) is 0 Å². The summed E-state index contributed by atoms with van der Waals surface area (Å²) in [5.74, 6) is -0.541.